The van der Waals surface area contributed by atoms with Crippen LogP contribution >= 0.6 is 11.3 Å². The van der Waals surface area contributed by atoms with Gasteiger partial charge in [0.15, 0.2) is 4.96 Å². The minimum absolute atomic E-state index is 0.0184. The second-order valence-corrected chi connectivity index (χ2v) is 8.73. The number of carbonyl (C=O) groups excluding carboxylic acids is 1. The summed E-state index contributed by atoms with van der Waals surface area (Å²) < 4.78 is 1.60. The van der Waals surface area contributed by atoms with Crippen molar-refractivity contribution in [2.75, 3.05) is 0 Å². The maximum atomic E-state index is 13.0. The first-order chi connectivity index (χ1) is 14.0. The van der Waals surface area contributed by atoms with Gasteiger partial charge in [0.25, 0.3) is 11.5 Å². The van der Waals surface area contributed by atoms with Crippen LogP contribution < -0.4 is 10.9 Å². The van der Waals surface area contributed by atoms with E-state index < -0.39 is 0 Å². The molecule has 0 saturated carbocycles. The van der Waals surface area contributed by atoms with E-state index in [1.807, 2.05) is 38.1 Å². The SMILES string of the molecule is Cc1cc2nc3sc(C(=O)NC4CCCc5ccccc54)cc(=O)n3c2cc1C. The molecular weight excluding hydrogens is 382 g/mol. The highest BCUT2D eigenvalue weighted by Gasteiger charge is 2.23. The molecular formula is C23H21N3O2S. The Bertz CT molecular complexity index is 1340. The predicted octanol–water partition coefficient (Wildman–Crippen LogP) is 4.33. The number of nitrogens with zero attached hydrogens (tertiary/aromatic N) is 2. The third kappa shape index (κ3) is 3.04. The fraction of sp³-hybridized carbons (Fsp3) is 0.261. The van der Waals surface area contributed by atoms with Gasteiger partial charge in [-0.15, -0.1) is 0 Å². The number of hydrogen-bond donors (Lipinski definition) is 1. The topological polar surface area (TPSA) is 63.5 Å². The van der Waals surface area contributed by atoms with E-state index in [2.05, 4.69) is 22.4 Å². The van der Waals surface area contributed by atoms with E-state index in [0.717, 1.165) is 41.4 Å². The molecule has 2 aromatic carbocycles. The number of aryl methyl sites for hydroxylation is 3. The standard InChI is InChI=1S/C23H21N3O2S/c1-13-10-18-19(11-14(13)2)26-21(27)12-20(29-23(26)25-18)22(28)24-17-9-5-7-15-6-3-4-8-16(15)17/h3-4,6,8,10-12,17H,5,7,9H2,1-2H3,(H,24,28). The minimum atomic E-state index is -0.223. The molecule has 146 valence electrons. The summed E-state index contributed by atoms with van der Waals surface area (Å²) in [5.74, 6) is -0.212. The summed E-state index contributed by atoms with van der Waals surface area (Å²) in [6, 6.07) is 13.6. The van der Waals surface area contributed by atoms with Crippen molar-refractivity contribution in [1.29, 1.82) is 0 Å². The normalized spacial score (nSPS) is 16.1. The molecule has 0 fully saturated rings. The monoisotopic (exact) mass is 403 g/mol. The summed E-state index contributed by atoms with van der Waals surface area (Å²) in [6.07, 6.45) is 2.99. The number of nitrogens with one attached hydrogen (secondary N) is 1. The summed E-state index contributed by atoms with van der Waals surface area (Å²) in [6.45, 7) is 4.05. The second kappa shape index (κ2) is 6.81. The number of amides is 1. The van der Waals surface area contributed by atoms with E-state index >= 15 is 0 Å². The molecule has 0 radical (unpaired) electrons. The Morgan fingerprint density at radius 2 is 1.97 bits per heavy atom. The number of aromatic nitrogens is 2. The number of rotatable bonds is 2. The summed E-state index contributed by atoms with van der Waals surface area (Å²) in [7, 11) is 0. The van der Waals surface area contributed by atoms with E-state index in [-0.39, 0.29) is 17.5 Å². The van der Waals surface area contributed by atoms with Gasteiger partial charge in [-0.1, -0.05) is 35.6 Å². The zero-order chi connectivity index (χ0) is 20.1. The quantitative estimate of drug-likeness (QED) is 0.542. The van der Waals surface area contributed by atoms with E-state index in [0.29, 0.717) is 9.84 Å². The number of benzene rings is 2. The average molecular weight is 404 g/mol. The number of imidazole rings is 1. The van der Waals surface area contributed by atoms with Crippen LogP contribution in [0.25, 0.3) is 16.0 Å². The lowest BCUT2D eigenvalue weighted by molar-refractivity contribution is 0.0936. The maximum Gasteiger partial charge on any atom is 0.262 e. The highest BCUT2D eigenvalue weighted by molar-refractivity contribution is 7.18. The van der Waals surface area contributed by atoms with Crippen molar-refractivity contribution in [3.05, 3.63) is 79.9 Å². The molecule has 1 amide bonds. The molecule has 5 rings (SSSR count). The van der Waals surface area contributed by atoms with Crippen LogP contribution in [0.4, 0.5) is 0 Å². The lowest BCUT2D eigenvalue weighted by Gasteiger charge is -2.26. The number of fused-ring (bicyclic) bond motifs is 4. The first kappa shape index (κ1) is 18.1. The third-order valence-corrected chi connectivity index (χ3v) is 6.79. The molecule has 0 spiro atoms. The van der Waals surface area contributed by atoms with Crippen molar-refractivity contribution in [3.63, 3.8) is 0 Å². The Kier molecular flexibility index (Phi) is 4.24. The molecule has 29 heavy (non-hydrogen) atoms. The molecule has 1 unspecified atom stereocenters. The first-order valence-corrected chi connectivity index (χ1v) is 10.6. The highest BCUT2D eigenvalue weighted by Crippen LogP contribution is 2.30. The largest absolute Gasteiger partial charge is 0.345 e. The van der Waals surface area contributed by atoms with Crippen LogP contribution in [0, 0.1) is 13.8 Å². The summed E-state index contributed by atoms with van der Waals surface area (Å²) in [4.78, 5) is 31.3. The Morgan fingerprint density at radius 1 is 1.17 bits per heavy atom. The van der Waals surface area contributed by atoms with Crippen LogP contribution in [0.15, 0.2) is 47.3 Å². The fourth-order valence-electron chi connectivity index (χ4n) is 4.14. The van der Waals surface area contributed by atoms with Crippen LogP contribution in [-0.4, -0.2) is 15.3 Å². The smallest absolute Gasteiger partial charge is 0.262 e. The average Bonchev–Trinajstić information content (AvgIpc) is 3.06. The lowest BCUT2D eigenvalue weighted by atomic mass is 9.88. The zero-order valence-electron chi connectivity index (χ0n) is 16.4. The van der Waals surface area contributed by atoms with Crippen molar-refractivity contribution in [1.82, 2.24) is 14.7 Å². The first-order valence-electron chi connectivity index (χ1n) is 9.83. The molecule has 0 saturated heterocycles. The molecule has 1 aliphatic carbocycles. The Hall–Kier alpha value is -2.99. The van der Waals surface area contributed by atoms with Gasteiger partial charge < -0.3 is 5.32 Å². The van der Waals surface area contributed by atoms with Gasteiger partial charge in [-0.25, -0.2) is 4.98 Å². The lowest BCUT2D eigenvalue weighted by Crippen LogP contribution is -2.31. The Labute approximate surface area is 172 Å². The molecule has 6 heteroatoms. The summed E-state index contributed by atoms with van der Waals surface area (Å²) >= 11 is 1.26. The second-order valence-electron chi connectivity index (χ2n) is 7.72. The summed E-state index contributed by atoms with van der Waals surface area (Å²) in [5, 5.41) is 3.13. The highest BCUT2D eigenvalue weighted by atomic mass is 32.1. The molecule has 2 aromatic heterocycles. The third-order valence-electron chi connectivity index (χ3n) is 5.81. The van der Waals surface area contributed by atoms with Crippen LogP contribution in [0.2, 0.25) is 0 Å². The molecule has 1 atom stereocenters. The van der Waals surface area contributed by atoms with Gasteiger partial charge in [0.05, 0.1) is 17.1 Å². The van der Waals surface area contributed by atoms with Gasteiger partial charge >= 0.3 is 0 Å². The molecule has 1 aliphatic rings. The van der Waals surface area contributed by atoms with E-state index in [9.17, 15) is 9.59 Å². The van der Waals surface area contributed by atoms with Gasteiger partial charge in [0, 0.05) is 6.07 Å². The van der Waals surface area contributed by atoms with Gasteiger partial charge in [0.2, 0.25) is 0 Å². The van der Waals surface area contributed by atoms with Crippen LogP contribution in [0.1, 0.15) is 50.8 Å². The number of hydrogen-bond acceptors (Lipinski definition) is 4. The van der Waals surface area contributed by atoms with Crippen molar-refractivity contribution in [3.8, 4) is 0 Å². The van der Waals surface area contributed by atoms with Gasteiger partial charge in [0.1, 0.15) is 4.88 Å². The van der Waals surface area contributed by atoms with Crippen LogP contribution in [0.3, 0.4) is 0 Å². The molecule has 5 nitrogen and oxygen atoms in total. The Balaban J connectivity index is 1.53. The molecule has 2 heterocycles. The summed E-state index contributed by atoms with van der Waals surface area (Å²) in [5.41, 5.74) is 6.06. The molecule has 1 N–H and O–H groups in total. The van der Waals surface area contributed by atoms with Crippen molar-refractivity contribution in [2.24, 2.45) is 0 Å². The molecule has 0 aliphatic heterocycles. The fourth-order valence-corrected chi connectivity index (χ4v) is 5.07. The van der Waals surface area contributed by atoms with E-state index in [1.54, 1.807) is 4.40 Å². The molecule has 4 aromatic rings. The van der Waals surface area contributed by atoms with E-state index in [4.69, 9.17) is 0 Å². The van der Waals surface area contributed by atoms with Crippen LogP contribution in [-0.2, 0) is 6.42 Å². The Morgan fingerprint density at radius 3 is 2.83 bits per heavy atom. The van der Waals surface area contributed by atoms with Crippen molar-refractivity contribution >= 4 is 33.2 Å². The molecule has 0 bridgehead atoms. The van der Waals surface area contributed by atoms with Crippen molar-refractivity contribution in [2.45, 2.75) is 39.2 Å². The minimum Gasteiger partial charge on any atom is -0.345 e. The zero-order valence-corrected chi connectivity index (χ0v) is 17.2. The van der Waals surface area contributed by atoms with Crippen LogP contribution in [0.5, 0.6) is 0 Å². The van der Waals surface area contributed by atoms with Gasteiger partial charge in [-0.05, 0) is 67.5 Å². The number of carbonyl (C=O) groups is 1. The predicted molar refractivity (Wildman–Crippen MR) is 116 cm³/mol. The van der Waals surface area contributed by atoms with Crippen molar-refractivity contribution < 1.29 is 4.79 Å². The van der Waals surface area contributed by atoms with Gasteiger partial charge in [-0.3, -0.25) is 14.0 Å². The van der Waals surface area contributed by atoms with E-state index in [1.165, 1.54) is 28.5 Å². The maximum absolute atomic E-state index is 13.0. The van der Waals surface area contributed by atoms with Gasteiger partial charge in [-0.2, -0.15) is 0 Å².